The number of aryl methyl sites for hydroxylation is 1. The van der Waals surface area contributed by atoms with Gasteiger partial charge in [-0.05, 0) is 18.9 Å². The van der Waals surface area contributed by atoms with Crippen molar-refractivity contribution in [1.82, 2.24) is 5.06 Å². The SMILES string of the molecule is CCc1ccc(C(=O)C(C)ON2C(=O)CCC2=O)cc1. The van der Waals surface area contributed by atoms with Crippen LogP contribution in [0.2, 0.25) is 0 Å². The summed E-state index contributed by atoms with van der Waals surface area (Å²) < 4.78 is 0. The molecular formula is C15H17NO4. The molecule has 1 heterocycles. The van der Waals surface area contributed by atoms with Gasteiger partial charge >= 0.3 is 0 Å². The molecule has 0 spiro atoms. The van der Waals surface area contributed by atoms with E-state index in [0.717, 1.165) is 12.0 Å². The molecule has 5 heteroatoms. The van der Waals surface area contributed by atoms with E-state index in [9.17, 15) is 14.4 Å². The fraction of sp³-hybridized carbons (Fsp3) is 0.400. The largest absolute Gasteiger partial charge is 0.291 e. The second-order valence-electron chi connectivity index (χ2n) is 4.74. The molecule has 2 rings (SSSR count). The van der Waals surface area contributed by atoms with Crippen LogP contribution in [0.3, 0.4) is 0 Å². The molecule has 5 nitrogen and oxygen atoms in total. The standard InChI is InChI=1S/C15H17NO4/c1-3-11-4-6-12(7-5-11)15(19)10(2)20-16-13(17)8-9-14(16)18/h4-7,10H,3,8-9H2,1-2H3. The monoisotopic (exact) mass is 275 g/mol. The van der Waals surface area contributed by atoms with Gasteiger partial charge in [0.1, 0.15) is 6.10 Å². The van der Waals surface area contributed by atoms with Crippen molar-refractivity contribution in [2.75, 3.05) is 0 Å². The van der Waals surface area contributed by atoms with E-state index in [1.54, 1.807) is 12.1 Å². The van der Waals surface area contributed by atoms with Crippen molar-refractivity contribution in [3.63, 3.8) is 0 Å². The van der Waals surface area contributed by atoms with Gasteiger partial charge in [-0.25, -0.2) is 0 Å². The molecule has 0 aliphatic carbocycles. The number of hydrogen-bond acceptors (Lipinski definition) is 4. The first kappa shape index (κ1) is 14.4. The van der Waals surface area contributed by atoms with Gasteiger partial charge in [-0.15, -0.1) is 0 Å². The summed E-state index contributed by atoms with van der Waals surface area (Å²) in [5.74, 6) is -1.04. The van der Waals surface area contributed by atoms with Gasteiger partial charge in [0.2, 0.25) is 0 Å². The number of benzene rings is 1. The Kier molecular flexibility index (Phi) is 4.29. The van der Waals surface area contributed by atoms with Gasteiger partial charge in [-0.1, -0.05) is 31.2 Å². The molecule has 0 saturated carbocycles. The number of carbonyl (C=O) groups is 3. The number of ketones is 1. The molecule has 1 aromatic carbocycles. The lowest BCUT2D eigenvalue weighted by atomic mass is 10.0. The minimum Gasteiger partial charge on any atom is -0.291 e. The first-order valence-corrected chi connectivity index (χ1v) is 6.68. The zero-order valence-corrected chi connectivity index (χ0v) is 11.6. The highest BCUT2D eigenvalue weighted by Crippen LogP contribution is 2.16. The fourth-order valence-electron chi connectivity index (χ4n) is 2.02. The number of Topliss-reactive ketones (excluding diaryl/α,β-unsaturated/α-hetero) is 1. The molecule has 0 bridgehead atoms. The molecule has 1 atom stereocenters. The maximum atomic E-state index is 12.2. The molecular weight excluding hydrogens is 258 g/mol. The third-order valence-electron chi connectivity index (χ3n) is 3.29. The summed E-state index contributed by atoms with van der Waals surface area (Å²) in [6.45, 7) is 3.57. The van der Waals surface area contributed by atoms with E-state index in [1.807, 2.05) is 19.1 Å². The summed E-state index contributed by atoms with van der Waals surface area (Å²) in [6.07, 6.45) is 0.321. The number of rotatable bonds is 5. The first-order valence-electron chi connectivity index (χ1n) is 6.68. The molecule has 1 aromatic rings. The quantitative estimate of drug-likeness (QED) is 0.608. The van der Waals surface area contributed by atoms with Crippen molar-refractivity contribution in [3.05, 3.63) is 35.4 Å². The second-order valence-corrected chi connectivity index (χ2v) is 4.74. The lowest BCUT2D eigenvalue weighted by molar-refractivity contribution is -0.194. The third-order valence-corrected chi connectivity index (χ3v) is 3.29. The van der Waals surface area contributed by atoms with Crippen LogP contribution in [0.25, 0.3) is 0 Å². The Morgan fingerprint density at radius 2 is 1.75 bits per heavy atom. The van der Waals surface area contributed by atoms with Gasteiger partial charge in [0, 0.05) is 18.4 Å². The fourth-order valence-corrected chi connectivity index (χ4v) is 2.02. The summed E-state index contributed by atoms with van der Waals surface area (Å²) in [7, 11) is 0. The third kappa shape index (κ3) is 2.93. The van der Waals surface area contributed by atoms with Gasteiger partial charge in [-0.2, -0.15) is 5.06 Å². The lowest BCUT2D eigenvalue weighted by Crippen LogP contribution is -2.36. The van der Waals surface area contributed by atoms with Gasteiger partial charge in [0.05, 0.1) is 0 Å². The van der Waals surface area contributed by atoms with E-state index in [4.69, 9.17) is 4.84 Å². The number of imide groups is 1. The molecule has 1 unspecified atom stereocenters. The van der Waals surface area contributed by atoms with Crippen LogP contribution < -0.4 is 0 Å². The second kappa shape index (κ2) is 5.96. The predicted molar refractivity (Wildman–Crippen MR) is 71.8 cm³/mol. The lowest BCUT2D eigenvalue weighted by Gasteiger charge is -2.18. The van der Waals surface area contributed by atoms with Crippen molar-refractivity contribution in [2.45, 2.75) is 39.2 Å². The van der Waals surface area contributed by atoms with Crippen molar-refractivity contribution in [1.29, 1.82) is 0 Å². The van der Waals surface area contributed by atoms with Crippen LogP contribution in [0, 0.1) is 0 Å². The molecule has 2 amide bonds. The molecule has 1 aliphatic heterocycles. The normalized spacial score (nSPS) is 16.6. The Hall–Kier alpha value is -2.01. The summed E-state index contributed by atoms with van der Waals surface area (Å²) in [4.78, 5) is 40.2. The van der Waals surface area contributed by atoms with E-state index in [1.165, 1.54) is 6.92 Å². The van der Waals surface area contributed by atoms with E-state index in [-0.39, 0.29) is 18.6 Å². The van der Waals surface area contributed by atoms with Crippen LogP contribution in [0.15, 0.2) is 24.3 Å². The Labute approximate surface area is 117 Å². The van der Waals surface area contributed by atoms with Crippen molar-refractivity contribution >= 4 is 17.6 Å². The van der Waals surface area contributed by atoms with Crippen LogP contribution >= 0.6 is 0 Å². The average molecular weight is 275 g/mol. The zero-order chi connectivity index (χ0) is 14.7. The maximum Gasteiger partial charge on any atom is 0.254 e. The Bertz CT molecular complexity index is 519. The summed E-state index contributed by atoms with van der Waals surface area (Å²) in [5.41, 5.74) is 1.65. The number of hydrogen-bond donors (Lipinski definition) is 0. The van der Waals surface area contributed by atoms with Crippen LogP contribution in [0.5, 0.6) is 0 Å². The minimum atomic E-state index is -0.867. The van der Waals surface area contributed by atoms with Crippen LogP contribution in [-0.4, -0.2) is 28.8 Å². The van der Waals surface area contributed by atoms with E-state index in [0.29, 0.717) is 10.6 Å². The number of nitrogens with zero attached hydrogens (tertiary/aromatic N) is 1. The minimum absolute atomic E-state index is 0.144. The van der Waals surface area contributed by atoms with Crippen LogP contribution in [-0.2, 0) is 20.8 Å². The zero-order valence-electron chi connectivity index (χ0n) is 11.6. The van der Waals surface area contributed by atoms with Crippen LogP contribution in [0.1, 0.15) is 42.6 Å². The van der Waals surface area contributed by atoms with E-state index in [2.05, 4.69) is 0 Å². The van der Waals surface area contributed by atoms with E-state index >= 15 is 0 Å². The molecule has 20 heavy (non-hydrogen) atoms. The molecule has 0 aromatic heterocycles. The summed E-state index contributed by atoms with van der Waals surface area (Å²) in [6, 6.07) is 7.22. The molecule has 1 saturated heterocycles. The maximum absolute atomic E-state index is 12.2. The highest BCUT2D eigenvalue weighted by molar-refractivity contribution is 6.02. The molecule has 1 aliphatic rings. The smallest absolute Gasteiger partial charge is 0.254 e. The van der Waals surface area contributed by atoms with Gasteiger partial charge in [0.15, 0.2) is 5.78 Å². The highest BCUT2D eigenvalue weighted by atomic mass is 16.7. The Morgan fingerprint density at radius 3 is 2.25 bits per heavy atom. The van der Waals surface area contributed by atoms with Gasteiger partial charge < -0.3 is 0 Å². The molecule has 0 radical (unpaired) electrons. The predicted octanol–water partition coefficient (Wildman–Crippen LogP) is 1.90. The average Bonchev–Trinajstić information content (AvgIpc) is 2.78. The van der Waals surface area contributed by atoms with E-state index < -0.39 is 17.9 Å². The Morgan fingerprint density at radius 1 is 1.20 bits per heavy atom. The highest BCUT2D eigenvalue weighted by Gasteiger charge is 2.33. The van der Waals surface area contributed by atoms with Gasteiger partial charge in [0.25, 0.3) is 11.8 Å². The van der Waals surface area contributed by atoms with Crippen LogP contribution in [0.4, 0.5) is 0 Å². The molecule has 0 N–H and O–H groups in total. The molecule has 1 fully saturated rings. The van der Waals surface area contributed by atoms with Crippen molar-refractivity contribution in [2.24, 2.45) is 0 Å². The topological polar surface area (TPSA) is 63.7 Å². The van der Waals surface area contributed by atoms with Gasteiger partial charge in [-0.3, -0.25) is 19.2 Å². The summed E-state index contributed by atoms with van der Waals surface area (Å²) in [5, 5.41) is 0.711. The molecule has 106 valence electrons. The first-order chi connectivity index (χ1) is 9.52. The number of carbonyl (C=O) groups excluding carboxylic acids is 3. The summed E-state index contributed by atoms with van der Waals surface area (Å²) >= 11 is 0. The number of hydroxylamine groups is 2. The van der Waals surface area contributed by atoms with Crippen molar-refractivity contribution < 1.29 is 19.2 Å². The Balaban J connectivity index is 2.04. The number of amides is 2. The van der Waals surface area contributed by atoms with Crippen molar-refractivity contribution in [3.8, 4) is 0 Å².